The van der Waals surface area contributed by atoms with Crippen molar-refractivity contribution in [3.05, 3.63) is 224 Å². The molecule has 5 heteroatoms. The minimum atomic E-state index is 0.594. The Hall–Kier alpha value is -8.15. The van der Waals surface area contributed by atoms with Crippen molar-refractivity contribution in [2.75, 3.05) is 0 Å². The van der Waals surface area contributed by atoms with Gasteiger partial charge < -0.3 is 0 Å². The van der Waals surface area contributed by atoms with E-state index in [1.165, 1.54) is 0 Å². The number of benzene rings is 8. The van der Waals surface area contributed by atoms with E-state index in [4.69, 9.17) is 24.9 Å². The Labute approximate surface area is 349 Å². The second-order valence-corrected chi connectivity index (χ2v) is 14.5. The van der Waals surface area contributed by atoms with Crippen LogP contribution >= 0.6 is 0 Å². The number of nitrogens with zero attached hydrogens (tertiary/aromatic N) is 5. The Balaban J connectivity index is 1.21. The topological polar surface area (TPSA) is 64.5 Å². The molecule has 8 aromatic carbocycles. The fourth-order valence-corrected chi connectivity index (χ4v) is 7.58. The molecule has 0 atom stereocenters. The lowest BCUT2D eigenvalue weighted by Crippen LogP contribution is -2.01. The maximum atomic E-state index is 5.22. The van der Waals surface area contributed by atoms with Crippen LogP contribution in [0.15, 0.2) is 224 Å². The van der Waals surface area contributed by atoms with Crippen molar-refractivity contribution >= 4 is 0 Å². The first-order valence-electron chi connectivity index (χ1n) is 20.0. The minimum Gasteiger partial charge on any atom is -0.228 e. The van der Waals surface area contributed by atoms with Gasteiger partial charge in [0.2, 0.25) is 0 Å². The van der Waals surface area contributed by atoms with Gasteiger partial charge in [0, 0.05) is 33.4 Å². The highest BCUT2D eigenvalue weighted by Gasteiger charge is 2.19. The molecule has 0 fully saturated rings. The molecule has 0 N–H and O–H groups in total. The molecule has 0 amide bonds. The molecule has 10 aromatic rings. The zero-order valence-electron chi connectivity index (χ0n) is 32.6. The third-order valence-electron chi connectivity index (χ3n) is 10.6. The first kappa shape index (κ1) is 36.2. The average molecular weight is 768 g/mol. The maximum absolute atomic E-state index is 5.22. The van der Waals surface area contributed by atoms with Crippen LogP contribution in [0.3, 0.4) is 0 Å². The first-order valence-corrected chi connectivity index (χ1v) is 20.0. The summed E-state index contributed by atoms with van der Waals surface area (Å²) >= 11 is 0. The molecule has 5 nitrogen and oxygen atoms in total. The molecular formula is C55H37N5. The average Bonchev–Trinajstić information content (AvgIpc) is 3.35. The van der Waals surface area contributed by atoms with Crippen LogP contribution in [0.5, 0.6) is 0 Å². The molecule has 0 saturated heterocycles. The second-order valence-electron chi connectivity index (χ2n) is 14.5. The van der Waals surface area contributed by atoms with Crippen molar-refractivity contribution < 1.29 is 0 Å². The SMILES string of the molecule is c1ccc(-c2cc(-c3ccc(-c4ccccc4)c(-c4cc(-c5nc(-c6ccccc6)nc(-c6ccccc6)n5)ccc4-c4ccccc4)c3)nc(-c3ccccc3)n2)cc1. The maximum Gasteiger partial charge on any atom is 0.164 e. The van der Waals surface area contributed by atoms with E-state index in [1.807, 2.05) is 97.1 Å². The van der Waals surface area contributed by atoms with Crippen LogP contribution in [0.2, 0.25) is 0 Å². The number of hydrogen-bond acceptors (Lipinski definition) is 5. The number of aromatic nitrogens is 5. The highest BCUT2D eigenvalue weighted by atomic mass is 15.0. The fourth-order valence-electron chi connectivity index (χ4n) is 7.58. The van der Waals surface area contributed by atoms with E-state index in [2.05, 4.69) is 127 Å². The Morgan fingerprint density at radius 1 is 0.183 bits per heavy atom. The van der Waals surface area contributed by atoms with Crippen molar-refractivity contribution in [3.63, 3.8) is 0 Å². The van der Waals surface area contributed by atoms with Gasteiger partial charge in [-0.25, -0.2) is 24.9 Å². The monoisotopic (exact) mass is 767 g/mol. The predicted molar refractivity (Wildman–Crippen MR) is 244 cm³/mol. The molecule has 60 heavy (non-hydrogen) atoms. The van der Waals surface area contributed by atoms with E-state index in [-0.39, 0.29) is 0 Å². The molecule has 2 aromatic heterocycles. The van der Waals surface area contributed by atoms with Crippen molar-refractivity contribution in [2.24, 2.45) is 0 Å². The molecule has 2 heterocycles. The predicted octanol–water partition coefficient (Wildman–Crippen LogP) is 13.7. The summed E-state index contributed by atoms with van der Waals surface area (Å²) in [6.45, 7) is 0. The van der Waals surface area contributed by atoms with Gasteiger partial charge >= 0.3 is 0 Å². The molecule has 0 aliphatic carbocycles. The molecule has 0 spiro atoms. The Morgan fingerprint density at radius 3 is 0.900 bits per heavy atom. The van der Waals surface area contributed by atoms with E-state index in [9.17, 15) is 0 Å². The summed E-state index contributed by atoms with van der Waals surface area (Å²) in [5.41, 5.74) is 13.9. The lowest BCUT2D eigenvalue weighted by atomic mass is 9.86. The second kappa shape index (κ2) is 16.4. The molecule has 0 bridgehead atoms. The van der Waals surface area contributed by atoms with E-state index >= 15 is 0 Å². The Kier molecular flexibility index (Phi) is 9.88. The van der Waals surface area contributed by atoms with Gasteiger partial charge in [-0.2, -0.15) is 0 Å². The van der Waals surface area contributed by atoms with Crippen LogP contribution < -0.4 is 0 Å². The number of rotatable bonds is 9. The quantitative estimate of drug-likeness (QED) is 0.146. The van der Waals surface area contributed by atoms with Gasteiger partial charge in [-0.05, 0) is 51.6 Å². The van der Waals surface area contributed by atoms with Crippen LogP contribution in [0.1, 0.15) is 0 Å². The summed E-state index contributed by atoms with van der Waals surface area (Å²) in [4.78, 5) is 25.5. The van der Waals surface area contributed by atoms with Crippen molar-refractivity contribution in [2.45, 2.75) is 0 Å². The molecule has 0 aliphatic rings. The molecule has 0 radical (unpaired) electrons. The number of hydrogen-bond donors (Lipinski definition) is 0. The van der Waals surface area contributed by atoms with E-state index in [0.717, 1.165) is 78.1 Å². The van der Waals surface area contributed by atoms with Gasteiger partial charge in [0.25, 0.3) is 0 Å². The molecule has 282 valence electrons. The molecule has 10 rings (SSSR count). The standard InChI is InChI=1S/C55H37N5/c1-7-19-38(20-8-1)46-33-31-44(51-37-50(40-23-11-3-12-24-40)56-52(57-51)41-25-13-4-14-26-41)35-48(46)49-36-45(32-34-47(49)39-21-9-2-10-22-39)55-59-53(42-27-15-5-16-28-42)58-54(60-55)43-29-17-6-18-30-43/h1-37H. The molecule has 0 unspecified atom stereocenters. The van der Waals surface area contributed by atoms with Crippen LogP contribution in [-0.2, 0) is 0 Å². The summed E-state index contributed by atoms with van der Waals surface area (Å²) in [7, 11) is 0. The van der Waals surface area contributed by atoms with Crippen LogP contribution in [0.25, 0.3) is 101 Å². The fraction of sp³-hybridized carbons (Fsp3) is 0. The zero-order valence-corrected chi connectivity index (χ0v) is 32.6. The highest BCUT2D eigenvalue weighted by molar-refractivity contribution is 5.95. The summed E-state index contributed by atoms with van der Waals surface area (Å²) in [6, 6.07) is 77.1. The van der Waals surface area contributed by atoms with Crippen LogP contribution in [0, 0.1) is 0 Å². The third kappa shape index (κ3) is 7.51. The highest BCUT2D eigenvalue weighted by Crippen LogP contribution is 2.42. The van der Waals surface area contributed by atoms with Gasteiger partial charge in [-0.1, -0.05) is 206 Å². The summed E-state index contributed by atoms with van der Waals surface area (Å²) in [5.74, 6) is 2.50. The van der Waals surface area contributed by atoms with Gasteiger partial charge in [-0.3, -0.25) is 0 Å². The van der Waals surface area contributed by atoms with Crippen molar-refractivity contribution in [1.29, 1.82) is 0 Å². The lowest BCUT2D eigenvalue weighted by molar-refractivity contribution is 1.07. The summed E-state index contributed by atoms with van der Waals surface area (Å²) in [5, 5.41) is 0. The van der Waals surface area contributed by atoms with Gasteiger partial charge in [0.1, 0.15) is 0 Å². The van der Waals surface area contributed by atoms with Gasteiger partial charge in [0.15, 0.2) is 23.3 Å². The molecule has 0 saturated carbocycles. The Bertz CT molecular complexity index is 2720. The van der Waals surface area contributed by atoms with Crippen LogP contribution in [-0.4, -0.2) is 24.9 Å². The van der Waals surface area contributed by atoms with Gasteiger partial charge in [-0.15, -0.1) is 0 Å². The van der Waals surface area contributed by atoms with E-state index in [0.29, 0.717) is 23.3 Å². The first-order chi connectivity index (χ1) is 29.7. The zero-order chi connectivity index (χ0) is 40.1. The molecule has 0 aliphatic heterocycles. The lowest BCUT2D eigenvalue weighted by Gasteiger charge is -2.18. The summed E-state index contributed by atoms with van der Waals surface area (Å²) < 4.78 is 0. The largest absolute Gasteiger partial charge is 0.228 e. The van der Waals surface area contributed by atoms with Gasteiger partial charge in [0.05, 0.1) is 11.4 Å². The van der Waals surface area contributed by atoms with E-state index < -0.39 is 0 Å². The Morgan fingerprint density at radius 2 is 0.483 bits per heavy atom. The van der Waals surface area contributed by atoms with E-state index in [1.54, 1.807) is 0 Å². The van der Waals surface area contributed by atoms with Crippen molar-refractivity contribution in [3.8, 4) is 101 Å². The third-order valence-corrected chi connectivity index (χ3v) is 10.6. The normalized spacial score (nSPS) is 11.0. The molecular weight excluding hydrogens is 731 g/mol. The van der Waals surface area contributed by atoms with Crippen LogP contribution in [0.4, 0.5) is 0 Å². The smallest absolute Gasteiger partial charge is 0.164 e. The minimum absolute atomic E-state index is 0.594. The summed E-state index contributed by atoms with van der Waals surface area (Å²) in [6.07, 6.45) is 0. The van der Waals surface area contributed by atoms with Crippen molar-refractivity contribution in [1.82, 2.24) is 24.9 Å².